The standard InChI is InChI=1S/C16H16ClNO4/c1-21-11-3-2-8(17)6-10(11)18-15(19)13-7-4-9-12(5-7)22-16(20)14(9)13/h2-3,6-7,9,12-14H,4-5H2,1H3,(H,18,19)/t7-,9+,12-,13-,14+/m1/s1. The first kappa shape index (κ1) is 13.9. The number of fused-ring (bicyclic) bond motifs is 1. The third-order valence-electron chi connectivity index (χ3n) is 5.21. The van der Waals surface area contributed by atoms with Crippen molar-refractivity contribution in [3.63, 3.8) is 0 Å². The fraction of sp³-hybridized carbons (Fsp3) is 0.500. The lowest BCUT2D eigenvalue weighted by Crippen LogP contribution is -2.35. The average molecular weight is 322 g/mol. The number of hydrogen-bond acceptors (Lipinski definition) is 4. The molecular weight excluding hydrogens is 306 g/mol. The Balaban J connectivity index is 1.59. The number of hydrogen-bond donors (Lipinski definition) is 1. The van der Waals surface area contributed by atoms with E-state index >= 15 is 0 Å². The van der Waals surface area contributed by atoms with Crippen molar-refractivity contribution in [3.8, 4) is 5.75 Å². The molecule has 2 saturated carbocycles. The SMILES string of the molecule is COc1ccc(Cl)cc1NC(=O)[C@@H]1[C@@H]2C[C@@H]3[C@@H]1C(=O)O[C@@H]3C2. The molecule has 0 aromatic heterocycles. The van der Waals surface area contributed by atoms with Gasteiger partial charge in [-0.15, -0.1) is 0 Å². The van der Waals surface area contributed by atoms with Crippen LogP contribution in [0.5, 0.6) is 5.75 Å². The number of methoxy groups -OCH3 is 1. The maximum Gasteiger partial charge on any atom is 0.310 e. The maximum atomic E-state index is 12.7. The molecule has 1 aromatic rings. The summed E-state index contributed by atoms with van der Waals surface area (Å²) in [6, 6.07) is 5.06. The number of carbonyl (C=O) groups excluding carboxylic acids is 2. The van der Waals surface area contributed by atoms with Crippen molar-refractivity contribution < 1.29 is 19.1 Å². The Morgan fingerprint density at radius 3 is 3.00 bits per heavy atom. The zero-order chi connectivity index (χ0) is 15.4. The van der Waals surface area contributed by atoms with Gasteiger partial charge in [0.15, 0.2) is 0 Å². The van der Waals surface area contributed by atoms with Crippen molar-refractivity contribution in [2.75, 3.05) is 12.4 Å². The highest BCUT2D eigenvalue weighted by atomic mass is 35.5. The van der Waals surface area contributed by atoms with Crippen molar-refractivity contribution in [1.82, 2.24) is 0 Å². The van der Waals surface area contributed by atoms with Gasteiger partial charge in [-0.25, -0.2) is 0 Å². The minimum Gasteiger partial charge on any atom is -0.495 e. The van der Waals surface area contributed by atoms with E-state index < -0.39 is 0 Å². The minimum absolute atomic E-state index is 0.0345. The monoisotopic (exact) mass is 321 g/mol. The zero-order valence-corrected chi connectivity index (χ0v) is 12.8. The fourth-order valence-corrected chi connectivity index (χ4v) is 4.53. The molecule has 22 heavy (non-hydrogen) atoms. The van der Waals surface area contributed by atoms with Gasteiger partial charge in [-0.05, 0) is 37.0 Å². The largest absolute Gasteiger partial charge is 0.495 e. The molecule has 5 atom stereocenters. The minimum atomic E-state index is -0.306. The fourth-order valence-electron chi connectivity index (χ4n) is 4.36. The summed E-state index contributed by atoms with van der Waals surface area (Å²) in [5.41, 5.74) is 0.533. The lowest BCUT2D eigenvalue weighted by Gasteiger charge is -2.24. The van der Waals surface area contributed by atoms with Crippen LogP contribution in [-0.4, -0.2) is 25.1 Å². The summed E-state index contributed by atoms with van der Waals surface area (Å²) in [5.74, 6) is 0.0522. The van der Waals surface area contributed by atoms with E-state index in [1.54, 1.807) is 18.2 Å². The Morgan fingerprint density at radius 2 is 2.23 bits per heavy atom. The quantitative estimate of drug-likeness (QED) is 0.869. The van der Waals surface area contributed by atoms with Crippen LogP contribution in [0.1, 0.15) is 12.8 Å². The van der Waals surface area contributed by atoms with Crippen LogP contribution in [0.2, 0.25) is 5.02 Å². The van der Waals surface area contributed by atoms with Gasteiger partial charge in [0, 0.05) is 10.9 Å². The van der Waals surface area contributed by atoms with E-state index in [-0.39, 0.29) is 41.7 Å². The smallest absolute Gasteiger partial charge is 0.310 e. The molecule has 2 aliphatic carbocycles. The molecule has 1 saturated heterocycles. The first-order valence-electron chi connectivity index (χ1n) is 7.43. The van der Waals surface area contributed by atoms with Crippen LogP contribution in [0, 0.1) is 23.7 Å². The van der Waals surface area contributed by atoms with E-state index in [2.05, 4.69) is 5.32 Å². The highest BCUT2D eigenvalue weighted by molar-refractivity contribution is 6.31. The number of rotatable bonds is 3. The molecule has 2 bridgehead atoms. The predicted molar refractivity (Wildman–Crippen MR) is 79.7 cm³/mol. The average Bonchev–Trinajstić information content (AvgIpc) is 3.08. The van der Waals surface area contributed by atoms with Crippen molar-refractivity contribution in [2.24, 2.45) is 23.7 Å². The highest BCUT2D eigenvalue weighted by Crippen LogP contribution is 2.57. The lowest BCUT2D eigenvalue weighted by molar-refractivity contribution is -0.145. The van der Waals surface area contributed by atoms with Gasteiger partial charge in [-0.1, -0.05) is 11.6 Å². The number of ether oxygens (including phenoxy) is 2. The summed E-state index contributed by atoms with van der Waals surface area (Å²) in [5, 5.41) is 3.39. The predicted octanol–water partition coefficient (Wildman–Crippen LogP) is 2.48. The third kappa shape index (κ3) is 1.92. The summed E-state index contributed by atoms with van der Waals surface area (Å²) >= 11 is 5.98. The first-order chi connectivity index (χ1) is 10.6. The van der Waals surface area contributed by atoms with Gasteiger partial charge in [0.2, 0.25) is 5.91 Å². The van der Waals surface area contributed by atoms with E-state index in [1.807, 2.05) is 0 Å². The van der Waals surface area contributed by atoms with Crippen LogP contribution >= 0.6 is 11.6 Å². The molecule has 1 heterocycles. The topological polar surface area (TPSA) is 64.6 Å². The van der Waals surface area contributed by atoms with Crippen LogP contribution < -0.4 is 10.1 Å². The molecule has 5 nitrogen and oxygen atoms in total. The molecule has 0 radical (unpaired) electrons. The molecular formula is C16H16ClNO4. The third-order valence-corrected chi connectivity index (χ3v) is 5.44. The molecule has 116 valence electrons. The lowest BCUT2D eigenvalue weighted by atomic mass is 9.79. The first-order valence-corrected chi connectivity index (χ1v) is 7.81. The molecule has 0 spiro atoms. The van der Waals surface area contributed by atoms with E-state index in [0.29, 0.717) is 16.5 Å². The van der Waals surface area contributed by atoms with Gasteiger partial charge >= 0.3 is 5.97 Å². The van der Waals surface area contributed by atoms with Gasteiger partial charge < -0.3 is 14.8 Å². The Labute approximate surface area is 132 Å². The van der Waals surface area contributed by atoms with Crippen molar-refractivity contribution in [3.05, 3.63) is 23.2 Å². The summed E-state index contributed by atoms with van der Waals surface area (Å²) < 4.78 is 10.6. The van der Waals surface area contributed by atoms with Crippen molar-refractivity contribution in [2.45, 2.75) is 18.9 Å². The number of esters is 1. The number of amides is 1. The number of halogens is 1. The van der Waals surface area contributed by atoms with Crippen LogP contribution in [0.15, 0.2) is 18.2 Å². The molecule has 3 aliphatic rings. The van der Waals surface area contributed by atoms with Crippen LogP contribution in [0.4, 0.5) is 5.69 Å². The van der Waals surface area contributed by atoms with Gasteiger partial charge in [0.1, 0.15) is 11.9 Å². The Bertz CT molecular complexity index is 660. The number of nitrogens with one attached hydrogen (secondary N) is 1. The van der Waals surface area contributed by atoms with Gasteiger partial charge in [-0.3, -0.25) is 9.59 Å². The maximum absolute atomic E-state index is 12.7. The van der Waals surface area contributed by atoms with Gasteiger partial charge in [-0.2, -0.15) is 0 Å². The summed E-state index contributed by atoms with van der Waals surface area (Å²) in [4.78, 5) is 24.7. The van der Waals surface area contributed by atoms with E-state index in [9.17, 15) is 9.59 Å². The van der Waals surface area contributed by atoms with E-state index in [4.69, 9.17) is 21.1 Å². The van der Waals surface area contributed by atoms with E-state index in [0.717, 1.165) is 12.8 Å². The van der Waals surface area contributed by atoms with Crippen LogP contribution in [-0.2, 0) is 14.3 Å². The molecule has 0 unspecified atom stereocenters. The second-order valence-corrected chi connectivity index (χ2v) is 6.69. The second kappa shape index (κ2) is 4.88. The molecule has 1 aromatic carbocycles. The van der Waals surface area contributed by atoms with Crippen molar-refractivity contribution >= 4 is 29.2 Å². The Hall–Kier alpha value is -1.75. The number of carbonyl (C=O) groups is 2. The number of anilines is 1. The Morgan fingerprint density at radius 1 is 1.41 bits per heavy atom. The number of benzene rings is 1. The summed E-state index contributed by atoms with van der Waals surface area (Å²) in [6.45, 7) is 0. The van der Waals surface area contributed by atoms with E-state index in [1.165, 1.54) is 7.11 Å². The summed E-state index contributed by atoms with van der Waals surface area (Å²) in [6.07, 6.45) is 1.75. The van der Waals surface area contributed by atoms with Crippen LogP contribution in [0.25, 0.3) is 0 Å². The molecule has 6 heteroatoms. The molecule has 1 N–H and O–H groups in total. The molecule has 4 rings (SSSR count). The molecule has 1 aliphatic heterocycles. The Kier molecular flexibility index (Phi) is 3.08. The van der Waals surface area contributed by atoms with Gasteiger partial charge in [0.05, 0.1) is 24.6 Å². The van der Waals surface area contributed by atoms with Crippen molar-refractivity contribution in [1.29, 1.82) is 0 Å². The summed E-state index contributed by atoms with van der Waals surface area (Å²) in [7, 11) is 1.54. The van der Waals surface area contributed by atoms with Gasteiger partial charge in [0.25, 0.3) is 0 Å². The second-order valence-electron chi connectivity index (χ2n) is 6.26. The highest BCUT2D eigenvalue weighted by Gasteiger charge is 2.63. The van der Waals surface area contributed by atoms with Crippen LogP contribution in [0.3, 0.4) is 0 Å². The normalized spacial score (nSPS) is 34.6. The molecule has 1 amide bonds. The zero-order valence-electron chi connectivity index (χ0n) is 12.0. The molecule has 3 fully saturated rings.